The molecule has 0 radical (unpaired) electrons. The number of aliphatic imine (C=N–C) groups is 1. The first kappa shape index (κ1) is 21.4. The van der Waals surface area contributed by atoms with Crippen LogP contribution in [0.5, 0.6) is 0 Å². The third kappa shape index (κ3) is 6.39. The molecule has 0 fully saturated rings. The normalized spacial score (nSPS) is 11.3. The third-order valence-electron chi connectivity index (χ3n) is 4.35. The molecule has 0 saturated heterocycles. The van der Waals surface area contributed by atoms with Gasteiger partial charge < -0.3 is 10.5 Å². The van der Waals surface area contributed by atoms with E-state index < -0.39 is 0 Å². The number of rotatable bonds is 8. The van der Waals surface area contributed by atoms with Gasteiger partial charge in [0.1, 0.15) is 0 Å². The topological polar surface area (TPSA) is 80.0 Å². The number of amides is 2. The summed E-state index contributed by atoms with van der Waals surface area (Å²) in [6.45, 7) is 8.12. The number of carbonyl (C=O) groups excluding carboxylic acids is 1. The fourth-order valence-corrected chi connectivity index (χ4v) is 2.98. The average molecular weight is 383 g/mol. The van der Waals surface area contributed by atoms with Crippen molar-refractivity contribution in [2.45, 2.75) is 33.8 Å². The highest BCUT2D eigenvalue weighted by atomic mass is 16.5. The van der Waals surface area contributed by atoms with E-state index in [1.165, 1.54) is 0 Å². The van der Waals surface area contributed by atoms with Crippen LogP contribution in [0.3, 0.4) is 0 Å². The van der Waals surface area contributed by atoms with Gasteiger partial charge in [-0.25, -0.2) is 4.79 Å². The molecule has 6 heteroatoms. The summed E-state index contributed by atoms with van der Waals surface area (Å²) in [6, 6.07) is 15.7. The van der Waals surface area contributed by atoms with Crippen LogP contribution in [0.15, 0.2) is 53.5 Å². The maximum absolute atomic E-state index is 12.6. The number of aryl methyl sites for hydroxylation is 2. The zero-order chi connectivity index (χ0) is 20.4. The van der Waals surface area contributed by atoms with Crippen LogP contribution >= 0.6 is 0 Å². The SMILES string of the molecule is CCN(C(=O)NC(N)=NCCCOCc1ccccc1)c1c(C)cccc1C. The lowest BCUT2D eigenvalue weighted by Crippen LogP contribution is -2.46. The lowest BCUT2D eigenvalue weighted by molar-refractivity contribution is 0.120. The zero-order valence-corrected chi connectivity index (χ0v) is 16.9. The number of hydrogen-bond acceptors (Lipinski definition) is 3. The van der Waals surface area contributed by atoms with Crippen molar-refractivity contribution in [1.82, 2.24) is 5.32 Å². The third-order valence-corrected chi connectivity index (χ3v) is 4.35. The minimum absolute atomic E-state index is 0.123. The number of hydrogen-bond donors (Lipinski definition) is 2. The Labute approximate surface area is 167 Å². The van der Waals surface area contributed by atoms with Crippen LogP contribution in [0.2, 0.25) is 0 Å². The molecule has 0 aromatic heterocycles. The quantitative estimate of drug-likeness (QED) is 0.414. The van der Waals surface area contributed by atoms with Crippen LogP contribution in [0, 0.1) is 13.8 Å². The van der Waals surface area contributed by atoms with Crippen LogP contribution in [-0.4, -0.2) is 31.7 Å². The Morgan fingerprint density at radius 1 is 1.11 bits per heavy atom. The summed E-state index contributed by atoms with van der Waals surface area (Å²) in [5, 5.41) is 2.67. The number of nitrogens with zero attached hydrogens (tertiary/aromatic N) is 2. The van der Waals surface area contributed by atoms with Gasteiger partial charge in [-0.1, -0.05) is 48.5 Å². The number of anilines is 1. The minimum atomic E-state index is -0.276. The van der Waals surface area contributed by atoms with Crippen molar-refractivity contribution in [2.75, 3.05) is 24.6 Å². The Hall–Kier alpha value is -2.86. The molecular formula is C22H30N4O2. The number of urea groups is 1. The van der Waals surface area contributed by atoms with E-state index in [-0.39, 0.29) is 12.0 Å². The maximum Gasteiger partial charge on any atom is 0.328 e. The van der Waals surface area contributed by atoms with E-state index >= 15 is 0 Å². The monoisotopic (exact) mass is 382 g/mol. The Kier molecular flexibility index (Phi) is 8.49. The van der Waals surface area contributed by atoms with Crippen molar-refractivity contribution in [3.8, 4) is 0 Å². The molecule has 0 atom stereocenters. The number of para-hydroxylation sites is 1. The van der Waals surface area contributed by atoms with Crippen LogP contribution in [0.4, 0.5) is 10.5 Å². The van der Waals surface area contributed by atoms with Crippen LogP contribution in [0.25, 0.3) is 0 Å². The van der Waals surface area contributed by atoms with E-state index in [1.54, 1.807) is 4.90 Å². The highest BCUT2D eigenvalue weighted by Crippen LogP contribution is 2.24. The van der Waals surface area contributed by atoms with Crippen LogP contribution < -0.4 is 16.0 Å². The fraction of sp³-hybridized carbons (Fsp3) is 0.364. The minimum Gasteiger partial charge on any atom is -0.377 e. The molecule has 0 saturated carbocycles. The summed E-state index contributed by atoms with van der Waals surface area (Å²) < 4.78 is 5.62. The van der Waals surface area contributed by atoms with Crippen molar-refractivity contribution in [3.05, 3.63) is 65.2 Å². The maximum atomic E-state index is 12.6. The van der Waals surface area contributed by atoms with Gasteiger partial charge in [0.15, 0.2) is 5.96 Å². The number of nitrogens with two attached hydrogens (primary N) is 1. The van der Waals surface area contributed by atoms with Gasteiger partial charge in [-0.05, 0) is 43.9 Å². The second kappa shape index (κ2) is 11.1. The fourth-order valence-electron chi connectivity index (χ4n) is 2.98. The Bertz CT molecular complexity index is 770. The van der Waals surface area contributed by atoms with Gasteiger partial charge in [-0.15, -0.1) is 0 Å². The molecule has 0 spiro atoms. The smallest absolute Gasteiger partial charge is 0.328 e. The van der Waals surface area contributed by atoms with Gasteiger partial charge in [0.2, 0.25) is 0 Å². The molecular weight excluding hydrogens is 352 g/mol. The number of ether oxygens (including phenoxy) is 1. The van der Waals surface area contributed by atoms with Crippen molar-refractivity contribution in [2.24, 2.45) is 10.7 Å². The van der Waals surface area contributed by atoms with Crippen molar-refractivity contribution < 1.29 is 9.53 Å². The molecule has 3 N–H and O–H groups in total. The van der Waals surface area contributed by atoms with Crippen LogP contribution in [0.1, 0.15) is 30.0 Å². The Morgan fingerprint density at radius 3 is 2.43 bits per heavy atom. The average Bonchev–Trinajstić information content (AvgIpc) is 2.68. The summed E-state index contributed by atoms with van der Waals surface area (Å²) >= 11 is 0. The predicted octanol–water partition coefficient (Wildman–Crippen LogP) is 3.76. The highest BCUT2D eigenvalue weighted by Gasteiger charge is 2.18. The molecule has 0 aliphatic rings. The van der Waals surface area contributed by atoms with Gasteiger partial charge in [0, 0.05) is 19.7 Å². The largest absolute Gasteiger partial charge is 0.377 e. The Morgan fingerprint density at radius 2 is 1.79 bits per heavy atom. The number of guanidine groups is 1. The summed E-state index contributed by atoms with van der Waals surface area (Å²) in [7, 11) is 0. The molecule has 28 heavy (non-hydrogen) atoms. The Balaban J connectivity index is 1.78. The van der Waals surface area contributed by atoms with E-state index in [0.29, 0.717) is 26.3 Å². The summed E-state index contributed by atoms with van der Waals surface area (Å²) in [5.74, 6) is 0.123. The highest BCUT2D eigenvalue weighted by molar-refractivity contribution is 6.03. The number of carbonyl (C=O) groups is 1. The molecule has 2 aromatic carbocycles. The van der Waals surface area contributed by atoms with Crippen molar-refractivity contribution in [3.63, 3.8) is 0 Å². The van der Waals surface area contributed by atoms with Gasteiger partial charge in [0.05, 0.1) is 12.3 Å². The zero-order valence-electron chi connectivity index (χ0n) is 16.9. The predicted molar refractivity (Wildman–Crippen MR) is 115 cm³/mol. The number of nitrogens with one attached hydrogen (secondary N) is 1. The molecule has 2 amide bonds. The molecule has 0 bridgehead atoms. The lowest BCUT2D eigenvalue weighted by atomic mass is 10.1. The first-order valence-electron chi connectivity index (χ1n) is 9.59. The first-order valence-corrected chi connectivity index (χ1v) is 9.59. The van der Waals surface area contributed by atoms with Gasteiger partial charge in [-0.3, -0.25) is 15.2 Å². The van der Waals surface area contributed by atoms with E-state index in [1.807, 2.05) is 69.3 Å². The van der Waals surface area contributed by atoms with Gasteiger partial charge in [-0.2, -0.15) is 0 Å². The molecule has 2 rings (SSSR count). The second-order valence-electron chi connectivity index (χ2n) is 6.57. The molecule has 150 valence electrons. The molecule has 0 unspecified atom stereocenters. The molecule has 0 heterocycles. The van der Waals surface area contributed by atoms with Crippen LogP contribution in [-0.2, 0) is 11.3 Å². The molecule has 6 nitrogen and oxygen atoms in total. The summed E-state index contributed by atoms with van der Waals surface area (Å²) in [4.78, 5) is 18.5. The molecule has 0 aliphatic carbocycles. The summed E-state index contributed by atoms with van der Waals surface area (Å²) in [5.41, 5.74) is 10.0. The van der Waals surface area contributed by atoms with Crippen molar-refractivity contribution >= 4 is 17.7 Å². The van der Waals surface area contributed by atoms with Gasteiger partial charge >= 0.3 is 6.03 Å². The first-order chi connectivity index (χ1) is 13.5. The van der Waals surface area contributed by atoms with E-state index in [0.717, 1.165) is 28.8 Å². The second-order valence-corrected chi connectivity index (χ2v) is 6.57. The standard InChI is InChI=1S/C22H30N4O2/c1-4-26(20-17(2)10-8-11-18(20)3)22(27)25-21(23)24-14-9-15-28-16-19-12-6-5-7-13-19/h5-8,10-13H,4,9,14-16H2,1-3H3,(H3,23,24,25,27). The molecule has 0 aliphatic heterocycles. The van der Waals surface area contributed by atoms with E-state index in [9.17, 15) is 4.79 Å². The van der Waals surface area contributed by atoms with E-state index in [4.69, 9.17) is 10.5 Å². The lowest BCUT2D eigenvalue weighted by Gasteiger charge is -2.25. The number of benzene rings is 2. The summed E-state index contributed by atoms with van der Waals surface area (Å²) in [6.07, 6.45) is 0.734. The van der Waals surface area contributed by atoms with E-state index in [2.05, 4.69) is 10.3 Å². The van der Waals surface area contributed by atoms with Crippen molar-refractivity contribution in [1.29, 1.82) is 0 Å². The molecule has 2 aromatic rings. The van der Waals surface area contributed by atoms with Gasteiger partial charge in [0.25, 0.3) is 0 Å².